The highest BCUT2D eigenvalue weighted by molar-refractivity contribution is 7.17. The molecule has 0 atom stereocenters. The molecule has 146 valence electrons. The smallest absolute Gasteiger partial charge is 0.261 e. The van der Waals surface area contributed by atoms with Gasteiger partial charge < -0.3 is 10.2 Å². The largest absolute Gasteiger partial charge is 0.356 e. The lowest BCUT2D eigenvalue weighted by Crippen LogP contribution is -2.44. The lowest BCUT2D eigenvalue weighted by atomic mass is 10.0. The second kappa shape index (κ2) is 8.64. The molecule has 3 heterocycles. The van der Waals surface area contributed by atoms with Crippen LogP contribution in [0.4, 0.5) is 5.82 Å². The molecule has 1 aliphatic rings. The van der Waals surface area contributed by atoms with E-state index in [9.17, 15) is 4.79 Å². The minimum absolute atomic E-state index is 0.0230. The summed E-state index contributed by atoms with van der Waals surface area (Å²) in [5.41, 5.74) is 1.62. The summed E-state index contributed by atoms with van der Waals surface area (Å²) in [6, 6.07) is 17.4. The Labute approximate surface area is 178 Å². The van der Waals surface area contributed by atoms with Crippen LogP contribution in [0, 0.1) is 11.3 Å². The van der Waals surface area contributed by atoms with Gasteiger partial charge in [0.15, 0.2) is 0 Å². The minimum atomic E-state index is -0.0230. The first-order valence-corrected chi connectivity index (χ1v) is 10.6. The number of piperidine rings is 1. The number of amides is 1. The molecule has 0 saturated carbocycles. The number of aromatic nitrogens is 1. The SMILES string of the molecule is N#Cc1ccc(N2CCC(NC(=O)c3ccc(-c4ccc(Cl)cc4)s3)CC2)nc1. The first kappa shape index (κ1) is 19.4. The molecule has 1 amide bonds. The van der Waals surface area contributed by atoms with Gasteiger partial charge in [-0.25, -0.2) is 4.98 Å². The van der Waals surface area contributed by atoms with Crippen LogP contribution in [0.2, 0.25) is 5.02 Å². The Kier molecular flexibility index (Phi) is 5.79. The molecule has 7 heteroatoms. The summed E-state index contributed by atoms with van der Waals surface area (Å²) in [5.74, 6) is 0.852. The van der Waals surface area contributed by atoms with Gasteiger partial charge in [0.2, 0.25) is 0 Å². The topological polar surface area (TPSA) is 69.0 Å². The number of hydrogen-bond donors (Lipinski definition) is 1. The maximum atomic E-state index is 12.7. The van der Waals surface area contributed by atoms with Gasteiger partial charge in [0.25, 0.3) is 5.91 Å². The van der Waals surface area contributed by atoms with E-state index in [1.54, 1.807) is 12.3 Å². The van der Waals surface area contributed by atoms with E-state index in [1.807, 2.05) is 42.5 Å². The number of nitriles is 1. The van der Waals surface area contributed by atoms with Gasteiger partial charge in [-0.15, -0.1) is 11.3 Å². The quantitative estimate of drug-likeness (QED) is 0.659. The van der Waals surface area contributed by atoms with Crippen molar-refractivity contribution in [2.75, 3.05) is 18.0 Å². The number of benzene rings is 1. The van der Waals surface area contributed by atoms with E-state index in [2.05, 4.69) is 21.3 Å². The number of rotatable bonds is 4. The van der Waals surface area contributed by atoms with E-state index >= 15 is 0 Å². The average molecular weight is 423 g/mol. The summed E-state index contributed by atoms with van der Waals surface area (Å²) in [6.07, 6.45) is 3.32. The Balaban J connectivity index is 1.33. The van der Waals surface area contributed by atoms with Crippen molar-refractivity contribution in [2.45, 2.75) is 18.9 Å². The van der Waals surface area contributed by atoms with Gasteiger partial charge in [-0.2, -0.15) is 5.26 Å². The Morgan fingerprint density at radius 3 is 2.55 bits per heavy atom. The summed E-state index contributed by atoms with van der Waals surface area (Å²) in [5, 5.41) is 12.7. The predicted octanol–water partition coefficient (Wildman–Crippen LogP) is 4.73. The molecule has 0 spiro atoms. The molecule has 1 saturated heterocycles. The normalized spacial score (nSPS) is 14.4. The van der Waals surface area contributed by atoms with Gasteiger partial charge in [-0.3, -0.25) is 4.79 Å². The van der Waals surface area contributed by atoms with Crippen molar-refractivity contribution in [3.8, 4) is 16.5 Å². The fourth-order valence-electron chi connectivity index (χ4n) is 3.38. The van der Waals surface area contributed by atoms with Gasteiger partial charge in [0.05, 0.1) is 10.4 Å². The molecule has 4 rings (SSSR count). The van der Waals surface area contributed by atoms with Crippen LogP contribution in [0.1, 0.15) is 28.1 Å². The highest BCUT2D eigenvalue weighted by Gasteiger charge is 2.22. The molecule has 1 aliphatic heterocycles. The number of hydrogen-bond acceptors (Lipinski definition) is 5. The van der Waals surface area contributed by atoms with Crippen LogP contribution in [0.3, 0.4) is 0 Å². The van der Waals surface area contributed by atoms with Crippen LogP contribution in [-0.2, 0) is 0 Å². The standard InChI is InChI=1S/C22H19ClN4OS/c23-17-4-2-16(3-5-17)19-6-7-20(29-19)22(28)26-18-9-11-27(12-10-18)21-8-1-15(13-24)14-25-21/h1-8,14,18H,9-12H2,(H,26,28). The molecule has 1 aromatic carbocycles. The fourth-order valence-corrected chi connectivity index (χ4v) is 4.42. The Morgan fingerprint density at radius 1 is 1.14 bits per heavy atom. The molecule has 3 aromatic rings. The van der Waals surface area contributed by atoms with E-state index in [4.69, 9.17) is 16.9 Å². The summed E-state index contributed by atoms with van der Waals surface area (Å²) in [4.78, 5) is 21.0. The Morgan fingerprint density at radius 2 is 1.90 bits per heavy atom. The number of nitrogens with zero attached hydrogens (tertiary/aromatic N) is 3. The summed E-state index contributed by atoms with van der Waals surface area (Å²) in [6.45, 7) is 1.65. The molecule has 29 heavy (non-hydrogen) atoms. The second-order valence-electron chi connectivity index (χ2n) is 6.92. The van der Waals surface area contributed by atoms with E-state index < -0.39 is 0 Å². The lowest BCUT2D eigenvalue weighted by molar-refractivity contribution is 0.0935. The molecule has 0 radical (unpaired) electrons. The minimum Gasteiger partial charge on any atom is -0.356 e. The van der Waals surface area contributed by atoms with E-state index in [1.165, 1.54) is 11.3 Å². The van der Waals surface area contributed by atoms with Crippen LogP contribution in [-0.4, -0.2) is 30.0 Å². The molecular weight excluding hydrogens is 404 g/mol. The zero-order chi connectivity index (χ0) is 20.2. The summed E-state index contributed by atoms with van der Waals surface area (Å²) < 4.78 is 0. The zero-order valence-electron chi connectivity index (χ0n) is 15.6. The average Bonchev–Trinajstić information content (AvgIpc) is 3.25. The van der Waals surface area contributed by atoms with Gasteiger partial charge in [0, 0.05) is 35.2 Å². The van der Waals surface area contributed by atoms with Crippen molar-refractivity contribution >= 4 is 34.7 Å². The third-order valence-corrected chi connectivity index (χ3v) is 6.37. The first-order valence-electron chi connectivity index (χ1n) is 9.40. The summed E-state index contributed by atoms with van der Waals surface area (Å²) >= 11 is 7.43. The van der Waals surface area contributed by atoms with Gasteiger partial charge in [0.1, 0.15) is 11.9 Å². The number of anilines is 1. The number of halogens is 1. The monoisotopic (exact) mass is 422 g/mol. The van der Waals surface area contributed by atoms with Crippen molar-refractivity contribution < 1.29 is 4.79 Å². The molecule has 1 fully saturated rings. The maximum Gasteiger partial charge on any atom is 0.261 e. The van der Waals surface area contributed by atoms with Gasteiger partial charge in [-0.1, -0.05) is 23.7 Å². The number of pyridine rings is 1. The van der Waals surface area contributed by atoms with Crippen molar-refractivity contribution in [2.24, 2.45) is 0 Å². The Bertz CT molecular complexity index is 1030. The molecule has 0 aliphatic carbocycles. The number of carbonyl (C=O) groups is 1. The summed E-state index contributed by atoms with van der Waals surface area (Å²) in [7, 11) is 0. The van der Waals surface area contributed by atoms with Crippen molar-refractivity contribution in [3.05, 3.63) is 70.2 Å². The van der Waals surface area contributed by atoms with E-state index in [-0.39, 0.29) is 11.9 Å². The number of thiophene rings is 1. The van der Waals surface area contributed by atoms with E-state index in [0.717, 1.165) is 42.2 Å². The van der Waals surface area contributed by atoms with Crippen LogP contribution >= 0.6 is 22.9 Å². The van der Waals surface area contributed by atoms with Gasteiger partial charge >= 0.3 is 0 Å². The van der Waals surface area contributed by atoms with Gasteiger partial charge in [-0.05, 0) is 54.8 Å². The number of carbonyl (C=O) groups excluding carboxylic acids is 1. The van der Waals surface area contributed by atoms with Crippen molar-refractivity contribution in [3.63, 3.8) is 0 Å². The van der Waals surface area contributed by atoms with Crippen molar-refractivity contribution in [1.82, 2.24) is 10.3 Å². The Hall–Kier alpha value is -2.88. The van der Waals surface area contributed by atoms with Crippen LogP contribution in [0.15, 0.2) is 54.7 Å². The lowest BCUT2D eigenvalue weighted by Gasteiger charge is -2.33. The molecule has 5 nitrogen and oxygen atoms in total. The fraction of sp³-hybridized carbons (Fsp3) is 0.227. The molecule has 2 aromatic heterocycles. The maximum absolute atomic E-state index is 12.7. The first-order chi connectivity index (χ1) is 14.1. The third-order valence-electron chi connectivity index (χ3n) is 4.99. The van der Waals surface area contributed by atoms with Crippen LogP contribution < -0.4 is 10.2 Å². The molecule has 1 N–H and O–H groups in total. The molecular formula is C22H19ClN4OS. The second-order valence-corrected chi connectivity index (χ2v) is 8.44. The number of nitrogens with one attached hydrogen (secondary N) is 1. The van der Waals surface area contributed by atoms with Crippen molar-refractivity contribution in [1.29, 1.82) is 5.26 Å². The van der Waals surface area contributed by atoms with E-state index in [0.29, 0.717) is 15.5 Å². The molecule has 0 bridgehead atoms. The van der Waals surface area contributed by atoms with Crippen LogP contribution in [0.5, 0.6) is 0 Å². The highest BCUT2D eigenvalue weighted by atomic mass is 35.5. The zero-order valence-corrected chi connectivity index (χ0v) is 17.2. The predicted molar refractivity (Wildman–Crippen MR) is 116 cm³/mol. The van der Waals surface area contributed by atoms with Crippen LogP contribution in [0.25, 0.3) is 10.4 Å². The highest BCUT2D eigenvalue weighted by Crippen LogP contribution is 2.29. The molecule has 0 unspecified atom stereocenters. The third kappa shape index (κ3) is 4.58.